The number of nitrogens with zero attached hydrogens (tertiary/aromatic N) is 1. The lowest BCUT2D eigenvalue weighted by atomic mass is 10.1. The number of terminal acetylenes is 1. The van der Waals surface area contributed by atoms with E-state index in [9.17, 15) is 4.79 Å². The summed E-state index contributed by atoms with van der Waals surface area (Å²) in [6.07, 6.45) is 5.37. The number of aromatic nitrogens is 1. The van der Waals surface area contributed by atoms with Gasteiger partial charge < -0.3 is 4.74 Å². The van der Waals surface area contributed by atoms with Crippen molar-refractivity contribution < 1.29 is 9.53 Å². The van der Waals surface area contributed by atoms with Gasteiger partial charge in [-0.1, -0.05) is 24.1 Å². The Labute approximate surface area is 112 Å². The van der Waals surface area contributed by atoms with Gasteiger partial charge in [-0.25, -0.2) is 9.78 Å². The summed E-state index contributed by atoms with van der Waals surface area (Å²) < 4.78 is 4.93. The third kappa shape index (κ3) is 2.99. The molecule has 0 unspecified atom stereocenters. The molecule has 0 amide bonds. The summed E-state index contributed by atoms with van der Waals surface area (Å²) in [7, 11) is 0. The average Bonchev–Trinajstić information content (AvgIpc) is 2.48. The van der Waals surface area contributed by atoms with E-state index < -0.39 is 5.97 Å². The molecule has 0 fully saturated rings. The highest BCUT2D eigenvalue weighted by Crippen LogP contribution is 2.18. The number of hydrogen-bond acceptors (Lipinski definition) is 3. The molecule has 3 nitrogen and oxygen atoms in total. The van der Waals surface area contributed by atoms with Crippen LogP contribution in [-0.2, 0) is 4.74 Å². The minimum Gasteiger partial charge on any atom is -0.461 e. The lowest BCUT2D eigenvalue weighted by Crippen LogP contribution is -2.07. The van der Waals surface area contributed by atoms with E-state index in [-0.39, 0.29) is 0 Å². The van der Waals surface area contributed by atoms with Crippen LogP contribution < -0.4 is 0 Å². The molecule has 0 atom stereocenters. The molecule has 94 valence electrons. The molecule has 0 saturated carbocycles. The molecule has 1 aromatic heterocycles. The Morgan fingerprint density at radius 2 is 2.11 bits per heavy atom. The number of esters is 1. The Hall–Kier alpha value is -2.60. The van der Waals surface area contributed by atoms with Gasteiger partial charge in [0.1, 0.15) is 5.69 Å². The molecule has 1 aromatic carbocycles. The van der Waals surface area contributed by atoms with Crippen LogP contribution in [0.2, 0.25) is 0 Å². The Bertz CT molecular complexity index is 641. The van der Waals surface area contributed by atoms with Crippen LogP contribution in [0.1, 0.15) is 23.0 Å². The Kier molecular flexibility index (Phi) is 3.94. The van der Waals surface area contributed by atoms with Crippen LogP contribution in [0.25, 0.3) is 11.3 Å². The molecule has 0 aliphatic carbocycles. The van der Waals surface area contributed by atoms with Gasteiger partial charge in [0, 0.05) is 11.1 Å². The zero-order valence-corrected chi connectivity index (χ0v) is 10.6. The largest absolute Gasteiger partial charge is 0.461 e. The van der Waals surface area contributed by atoms with E-state index >= 15 is 0 Å². The predicted molar refractivity (Wildman–Crippen MR) is 73.6 cm³/mol. The second kappa shape index (κ2) is 5.83. The smallest absolute Gasteiger partial charge is 0.356 e. The normalized spacial score (nSPS) is 9.68. The zero-order chi connectivity index (χ0) is 13.7. The number of rotatable bonds is 3. The van der Waals surface area contributed by atoms with Crippen LogP contribution in [0, 0.1) is 12.3 Å². The second-order valence-electron chi connectivity index (χ2n) is 3.85. The van der Waals surface area contributed by atoms with E-state index in [0.29, 0.717) is 18.0 Å². The molecule has 0 spiro atoms. The predicted octanol–water partition coefficient (Wildman–Crippen LogP) is 2.91. The van der Waals surface area contributed by atoms with Gasteiger partial charge in [-0.15, -0.1) is 6.42 Å². The van der Waals surface area contributed by atoms with Crippen molar-refractivity contribution in [2.24, 2.45) is 0 Å². The van der Waals surface area contributed by atoms with Crippen LogP contribution in [0.15, 0.2) is 42.5 Å². The van der Waals surface area contributed by atoms with E-state index in [1.54, 1.807) is 19.1 Å². The fourth-order valence-electron chi connectivity index (χ4n) is 1.68. The van der Waals surface area contributed by atoms with E-state index in [2.05, 4.69) is 10.9 Å². The van der Waals surface area contributed by atoms with Crippen molar-refractivity contribution in [3.05, 3.63) is 53.7 Å². The Morgan fingerprint density at radius 1 is 1.32 bits per heavy atom. The number of carbonyl (C=O) groups excluding carboxylic acids is 1. The average molecular weight is 251 g/mol. The molecular weight excluding hydrogens is 238 g/mol. The highest BCUT2D eigenvalue weighted by molar-refractivity contribution is 5.87. The minimum atomic E-state index is -0.419. The van der Waals surface area contributed by atoms with Crippen LogP contribution in [0.3, 0.4) is 0 Å². The molecule has 0 saturated heterocycles. The second-order valence-corrected chi connectivity index (χ2v) is 3.85. The maximum Gasteiger partial charge on any atom is 0.356 e. The van der Waals surface area contributed by atoms with E-state index in [1.807, 2.05) is 30.3 Å². The maximum atomic E-state index is 11.6. The summed E-state index contributed by atoms with van der Waals surface area (Å²) in [6.45, 7) is 2.09. The van der Waals surface area contributed by atoms with E-state index in [0.717, 1.165) is 11.1 Å². The van der Waals surface area contributed by atoms with Crippen molar-refractivity contribution in [1.29, 1.82) is 0 Å². The van der Waals surface area contributed by atoms with Crippen molar-refractivity contribution in [2.75, 3.05) is 6.61 Å². The van der Waals surface area contributed by atoms with Crippen LogP contribution in [-0.4, -0.2) is 17.6 Å². The SMILES string of the molecule is C#Cc1cccc(-c2cccc(C(=O)OCC)n2)c1. The third-order valence-electron chi connectivity index (χ3n) is 2.56. The fraction of sp³-hybridized carbons (Fsp3) is 0.125. The summed E-state index contributed by atoms with van der Waals surface area (Å²) in [5.41, 5.74) is 2.65. The van der Waals surface area contributed by atoms with Crippen LogP contribution >= 0.6 is 0 Å². The van der Waals surface area contributed by atoms with Gasteiger partial charge in [-0.2, -0.15) is 0 Å². The fourth-order valence-corrected chi connectivity index (χ4v) is 1.68. The lowest BCUT2D eigenvalue weighted by molar-refractivity contribution is 0.0519. The van der Waals surface area contributed by atoms with Gasteiger partial charge in [0.25, 0.3) is 0 Å². The molecule has 1 heterocycles. The number of pyridine rings is 1. The molecular formula is C16H13NO2. The summed E-state index contributed by atoms with van der Waals surface area (Å²) in [5, 5.41) is 0. The van der Waals surface area contributed by atoms with Crippen molar-refractivity contribution in [3.8, 4) is 23.6 Å². The van der Waals surface area contributed by atoms with Gasteiger partial charge >= 0.3 is 5.97 Å². The Balaban J connectivity index is 2.38. The van der Waals surface area contributed by atoms with Crippen molar-refractivity contribution in [2.45, 2.75) is 6.92 Å². The van der Waals surface area contributed by atoms with E-state index in [4.69, 9.17) is 11.2 Å². The van der Waals surface area contributed by atoms with Gasteiger partial charge in [0.05, 0.1) is 12.3 Å². The van der Waals surface area contributed by atoms with Crippen molar-refractivity contribution >= 4 is 5.97 Å². The summed E-state index contributed by atoms with van der Waals surface area (Å²) in [4.78, 5) is 15.9. The minimum absolute atomic E-state index is 0.297. The molecule has 0 aliphatic rings. The first-order valence-corrected chi connectivity index (χ1v) is 5.96. The first kappa shape index (κ1) is 12.8. The third-order valence-corrected chi connectivity index (χ3v) is 2.56. The maximum absolute atomic E-state index is 11.6. The van der Waals surface area contributed by atoms with Crippen molar-refractivity contribution in [3.63, 3.8) is 0 Å². The number of ether oxygens (including phenoxy) is 1. The number of benzene rings is 1. The first-order valence-electron chi connectivity index (χ1n) is 5.96. The van der Waals surface area contributed by atoms with Gasteiger partial charge in [-0.05, 0) is 31.2 Å². The molecule has 0 bridgehead atoms. The molecule has 2 rings (SSSR count). The molecule has 2 aromatic rings. The molecule has 3 heteroatoms. The molecule has 0 N–H and O–H groups in total. The van der Waals surface area contributed by atoms with E-state index in [1.165, 1.54) is 0 Å². The van der Waals surface area contributed by atoms with Gasteiger partial charge in [-0.3, -0.25) is 0 Å². The van der Waals surface area contributed by atoms with Gasteiger partial charge in [0.15, 0.2) is 0 Å². The van der Waals surface area contributed by atoms with Gasteiger partial charge in [0.2, 0.25) is 0 Å². The Morgan fingerprint density at radius 3 is 2.84 bits per heavy atom. The first-order chi connectivity index (χ1) is 9.24. The van der Waals surface area contributed by atoms with Crippen molar-refractivity contribution in [1.82, 2.24) is 4.98 Å². The molecule has 19 heavy (non-hydrogen) atoms. The van der Waals surface area contributed by atoms with Crippen LogP contribution in [0.5, 0.6) is 0 Å². The lowest BCUT2D eigenvalue weighted by Gasteiger charge is -2.05. The summed E-state index contributed by atoms with van der Waals surface area (Å²) >= 11 is 0. The zero-order valence-electron chi connectivity index (χ0n) is 10.6. The summed E-state index contributed by atoms with van der Waals surface area (Å²) in [6, 6.07) is 12.7. The quantitative estimate of drug-likeness (QED) is 0.622. The highest BCUT2D eigenvalue weighted by Gasteiger charge is 2.09. The standard InChI is InChI=1S/C16H13NO2/c1-3-12-7-5-8-13(11-12)14-9-6-10-15(17-14)16(18)19-4-2/h1,5-11H,4H2,2H3. The topological polar surface area (TPSA) is 39.2 Å². The number of carbonyl (C=O) groups is 1. The highest BCUT2D eigenvalue weighted by atomic mass is 16.5. The molecule has 0 aliphatic heterocycles. The molecule has 0 radical (unpaired) electrons. The summed E-state index contributed by atoms with van der Waals surface area (Å²) in [5.74, 6) is 2.16. The van der Waals surface area contributed by atoms with Crippen LogP contribution in [0.4, 0.5) is 0 Å². The number of hydrogen-bond donors (Lipinski definition) is 0. The monoisotopic (exact) mass is 251 g/mol.